The van der Waals surface area contributed by atoms with E-state index in [1.54, 1.807) is 6.20 Å². The number of nitrogen functional groups attached to an aromatic ring is 1. The van der Waals surface area contributed by atoms with Gasteiger partial charge in [-0.05, 0) is 42.7 Å². The lowest BCUT2D eigenvalue weighted by Crippen LogP contribution is -2.24. The molecule has 2 aromatic carbocycles. The van der Waals surface area contributed by atoms with E-state index in [1.807, 2.05) is 18.3 Å². The Labute approximate surface area is 124 Å². The highest BCUT2D eigenvalue weighted by atomic mass is 15.1. The van der Waals surface area contributed by atoms with Crippen LogP contribution in [-0.4, -0.2) is 11.5 Å². The molecule has 4 rings (SSSR count). The summed E-state index contributed by atoms with van der Waals surface area (Å²) in [6.07, 6.45) is 6.03. The molecule has 0 bridgehead atoms. The SMILES string of the molecule is Nc1ccc(N2CCCc3ccccc32)c2cnccc12. The lowest BCUT2D eigenvalue weighted by atomic mass is 9.99. The highest BCUT2D eigenvalue weighted by molar-refractivity contribution is 6.02. The summed E-state index contributed by atoms with van der Waals surface area (Å²) in [5.41, 5.74) is 10.8. The van der Waals surface area contributed by atoms with Gasteiger partial charge in [0.2, 0.25) is 0 Å². The van der Waals surface area contributed by atoms with Crippen molar-refractivity contribution in [3.63, 3.8) is 0 Å². The van der Waals surface area contributed by atoms with Crippen LogP contribution in [0.1, 0.15) is 12.0 Å². The van der Waals surface area contributed by atoms with Crippen LogP contribution in [0.2, 0.25) is 0 Å². The van der Waals surface area contributed by atoms with Crippen molar-refractivity contribution in [3.05, 3.63) is 60.4 Å². The van der Waals surface area contributed by atoms with Crippen LogP contribution in [0.5, 0.6) is 0 Å². The number of pyridine rings is 1. The highest BCUT2D eigenvalue weighted by Crippen LogP contribution is 2.38. The predicted octanol–water partition coefficient (Wildman–Crippen LogP) is 3.90. The molecule has 104 valence electrons. The Hall–Kier alpha value is -2.55. The summed E-state index contributed by atoms with van der Waals surface area (Å²) in [5, 5.41) is 2.19. The van der Waals surface area contributed by atoms with Gasteiger partial charge in [-0.25, -0.2) is 0 Å². The molecule has 1 aliphatic heterocycles. The second-order valence-corrected chi connectivity index (χ2v) is 5.48. The fourth-order valence-corrected chi connectivity index (χ4v) is 3.22. The molecule has 1 aliphatic rings. The van der Waals surface area contributed by atoms with Gasteiger partial charge >= 0.3 is 0 Å². The van der Waals surface area contributed by atoms with E-state index in [0.29, 0.717) is 0 Å². The normalized spacial score (nSPS) is 14.2. The van der Waals surface area contributed by atoms with E-state index in [1.165, 1.54) is 23.4 Å². The van der Waals surface area contributed by atoms with E-state index in [-0.39, 0.29) is 0 Å². The molecule has 0 spiro atoms. The Balaban J connectivity index is 1.94. The van der Waals surface area contributed by atoms with E-state index < -0.39 is 0 Å². The molecule has 3 nitrogen and oxygen atoms in total. The third-order valence-electron chi connectivity index (χ3n) is 4.23. The topological polar surface area (TPSA) is 42.1 Å². The second-order valence-electron chi connectivity index (χ2n) is 5.48. The molecule has 0 saturated heterocycles. The molecule has 0 amide bonds. The van der Waals surface area contributed by atoms with Gasteiger partial charge in [0, 0.05) is 41.1 Å². The molecule has 0 aliphatic carbocycles. The molecule has 3 aromatic rings. The largest absolute Gasteiger partial charge is 0.398 e. The number of anilines is 3. The number of para-hydroxylation sites is 1. The third kappa shape index (κ3) is 1.93. The standard InChI is InChI=1S/C18H17N3/c19-16-7-8-18(15-12-20-10-9-14(15)16)21-11-3-5-13-4-1-2-6-17(13)21/h1-2,4,6-10,12H,3,5,11,19H2. The molecular formula is C18H17N3. The first kappa shape index (κ1) is 12.2. The Morgan fingerprint density at radius 2 is 1.86 bits per heavy atom. The molecule has 0 atom stereocenters. The maximum Gasteiger partial charge on any atom is 0.0507 e. The first-order chi connectivity index (χ1) is 10.3. The van der Waals surface area contributed by atoms with Crippen LogP contribution >= 0.6 is 0 Å². The number of nitrogens with two attached hydrogens (primary N) is 1. The van der Waals surface area contributed by atoms with Crippen LogP contribution in [-0.2, 0) is 6.42 Å². The van der Waals surface area contributed by atoms with Crippen LogP contribution in [0, 0.1) is 0 Å². The molecule has 2 N–H and O–H groups in total. The molecule has 0 unspecified atom stereocenters. The molecule has 0 radical (unpaired) electrons. The van der Waals surface area contributed by atoms with E-state index in [2.05, 4.69) is 40.2 Å². The number of rotatable bonds is 1. The average Bonchev–Trinajstić information content (AvgIpc) is 2.55. The fraction of sp³-hybridized carbons (Fsp3) is 0.167. The van der Waals surface area contributed by atoms with Crippen molar-refractivity contribution >= 4 is 27.8 Å². The minimum absolute atomic E-state index is 0.807. The number of aromatic nitrogens is 1. The molecule has 0 fully saturated rings. The average molecular weight is 275 g/mol. The third-order valence-corrected chi connectivity index (χ3v) is 4.23. The Morgan fingerprint density at radius 3 is 2.81 bits per heavy atom. The van der Waals surface area contributed by atoms with Crippen molar-refractivity contribution in [3.8, 4) is 0 Å². The minimum atomic E-state index is 0.807. The van der Waals surface area contributed by atoms with Gasteiger partial charge in [0.05, 0.1) is 5.69 Å². The smallest absolute Gasteiger partial charge is 0.0507 e. The van der Waals surface area contributed by atoms with E-state index in [4.69, 9.17) is 5.73 Å². The first-order valence-corrected chi connectivity index (χ1v) is 7.32. The lowest BCUT2D eigenvalue weighted by molar-refractivity contribution is 0.768. The summed E-state index contributed by atoms with van der Waals surface area (Å²) in [6, 6.07) is 14.7. The summed E-state index contributed by atoms with van der Waals surface area (Å²) in [7, 11) is 0. The number of aryl methyl sites for hydroxylation is 1. The van der Waals surface area contributed by atoms with Gasteiger partial charge in [-0.2, -0.15) is 0 Å². The Kier molecular flexibility index (Phi) is 2.78. The summed E-state index contributed by atoms with van der Waals surface area (Å²) >= 11 is 0. The Bertz CT molecular complexity index is 810. The molecule has 1 aromatic heterocycles. The van der Waals surface area contributed by atoms with Gasteiger partial charge in [-0.15, -0.1) is 0 Å². The molecule has 21 heavy (non-hydrogen) atoms. The summed E-state index contributed by atoms with van der Waals surface area (Å²) in [5.74, 6) is 0. The van der Waals surface area contributed by atoms with E-state index in [0.717, 1.165) is 29.4 Å². The van der Waals surface area contributed by atoms with Crippen LogP contribution in [0.25, 0.3) is 10.8 Å². The maximum absolute atomic E-state index is 6.10. The number of hydrogen-bond acceptors (Lipinski definition) is 3. The highest BCUT2D eigenvalue weighted by Gasteiger charge is 2.19. The fourth-order valence-electron chi connectivity index (χ4n) is 3.22. The van der Waals surface area contributed by atoms with Gasteiger partial charge in [0.25, 0.3) is 0 Å². The summed E-state index contributed by atoms with van der Waals surface area (Å²) < 4.78 is 0. The molecule has 2 heterocycles. The molecular weight excluding hydrogens is 258 g/mol. The first-order valence-electron chi connectivity index (χ1n) is 7.32. The molecule has 0 saturated carbocycles. The van der Waals surface area contributed by atoms with Gasteiger partial charge in [0.15, 0.2) is 0 Å². The zero-order chi connectivity index (χ0) is 14.2. The van der Waals surface area contributed by atoms with Crippen molar-refractivity contribution in [1.29, 1.82) is 0 Å². The van der Waals surface area contributed by atoms with Crippen LogP contribution in [0.15, 0.2) is 54.9 Å². The number of fused-ring (bicyclic) bond motifs is 2. The van der Waals surface area contributed by atoms with E-state index in [9.17, 15) is 0 Å². The maximum atomic E-state index is 6.10. The molecule has 3 heteroatoms. The monoisotopic (exact) mass is 275 g/mol. The summed E-state index contributed by atoms with van der Waals surface area (Å²) in [4.78, 5) is 6.67. The van der Waals surface area contributed by atoms with Gasteiger partial charge in [0.1, 0.15) is 0 Å². The predicted molar refractivity (Wildman–Crippen MR) is 87.9 cm³/mol. The van der Waals surface area contributed by atoms with E-state index >= 15 is 0 Å². The number of hydrogen-bond donors (Lipinski definition) is 1. The summed E-state index contributed by atoms with van der Waals surface area (Å²) in [6.45, 7) is 1.03. The minimum Gasteiger partial charge on any atom is -0.398 e. The van der Waals surface area contributed by atoms with Crippen molar-refractivity contribution in [1.82, 2.24) is 4.98 Å². The second kappa shape index (κ2) is 4.77. The zero-order valence-corrected chi connectivity index (χ0v) is 11.8. The number of benzene rings is 2. The van der Waals surface area contributed by atoms with Crippen molar-refractivity contribution in [2.75, 3.05) is 17.2 Å². The van der Waals surface area contributed by atoms with Gasteiger partial charge in [-0.3, -0.25) is 4.98 Å². The zero-order valence-electron chi connectivity index (χ0n) is 11.8. The van der Waals surface area contributed by atoms with Crippen molar-refractivity contribution < 1.29 is 0 Å². The van der Waals surface area contributed by atoms with Crippen LogP contribution in [0.3, 0.4) is 0 Å². The quantitative estimate of drug-likeness (QED) is 0.685. The van der Waals surface area contributed by atoms with Crippen molar-refractivity contribution in [2.24, 2.45) is 0 Å². The number of nitrogens with zero attached hydrogens (tertiary/aromatic N) is 2. The van der Waals surface area contributed by atoms with Gasteiger partial charge < -0.3 is 10.6 Å². The van der Waals surface area contributed by atoms with Crippen LogP contribution in [0.4, 0.5) is 17.1 Å². The lowest BCUT2D eigenvalue weighted by Gasteiger charge is -2.32. The van der Waals surface area contributed by atoms with Crippen molar-refractivity contribution in [2.45, 2.75) is 12.8 Å². The van der Waals surface area contributed by atoms with Crippen LogP contribution < -0.4 is 10.6 Å². The van der Waals surface area contributed by atoms with Gasteiger partial charge in [-0.1, -0.05) is 18.2 Å². The Morgan fingerprint density at radius 1 is 0.952 bits per heavy atom.